The molecule has 1 aromatic rings. The highest BCUT2D eigenvalue weighted by atomic mass is 32.1. The number of amides is 1. The first kappa shape index (κ1) is 14.6. The predicted molar refractivity (Wildman–Crippen MR) is 78.5 cm³/mol. The molecule has 0 saturated carbocycles. The van der Waals surface area contributed by atoms with E-state index in [2.05, 4.69) is 0 Å². The van der Waals surface area contributed by atoms with E-state index in [1.165, 1.54) is 0 Å². The lowest BCUT2D eigenvalue weighted by Crippen LogP contribution is -2.33. The molecule has 0 aliphatic carbocycles. The van der Waals surface area contributed by atoms with Crippen molar-refractivity contribution in [2.45, 2.75) is 25.7 Å². The maximum atomic E-state index is 12.3. The molecule has 1 unspecified atom stereocenters. The summed E-state index contributed by atoms with van der Waals surface area (Å²) in [6.07, 6.45) is 1.36. The molecular formula is C14H20N2OS. The Morgan fingerprint density at radius 2 is 2.00 bits per heavy atom. The van der Waals surface area contributed by atoms with Crippen LogP contribution in [0.1, 0.15) is 31.2 Å². The van der Waals surface area contributed by atoms with Crippen molar-refractivity contribution in [3.05, 3.63) is 35.9 Å². The number of hydrogen-bond acceptors (Lipinski definition) is 2. The Bertz CT molecular complexity index is 406. The first-order valence-electron chi connectivity index (χ1n) is 6.14. The number of benzene rings is 1. The molecule has 0 aliphatic heterocycles. The zero-order valence-corrected chi connectivity index (χ0v) is 11.7. The minimum Gasteiger partial charge on any atom is -0.393 e. The maximum Gasteiger partial charge on any atom is 0.229 e. The number of nitrogens with two attached hydrogens (primary N) is 1. The molecule has 1 amide bonds. The van der Waals surface area contributed by atoms with Crippen LogP contribution in [0.5, 0.6) is 0 Å². The van der Waals surface area contributed by atoms with E-state index in [-0.39, 0.29) is 11.8 Å². The van der Waals surface area contributed by atoms with Gasteiger partial charge in [-0.2, -0.15) is 0 Å². The smallest absolute Gasteiger partial charge is 0.229 e. The highest BCUT2D eigenvalue weighted by Crippen LogP contribution is 2.21. The molecular weight excluding hydrogens is 244 g/mol. The molecule has 0 aromatic heterocycles. The molecule has 1 atom stereocenters. The van der Waals surface area contributed by atoms with E-state index in [0.717, 1.165) is 12.0 Å². The van der Waals surface area contributed by atoms with Gasteiger partial charge in [-0.25, -0.2) is 0 Å². The van der Waals surface area contributed by atoms with Crippen LogP contribution in [0.3, 0.4) is 0 Å². The van der Waals surface area contributed by atoms with Gasteiger partial charge in [0, 0.05) is 20.0 Å². The van der Waals surface area contributed by atoms with Crippen LogP contribution in [0.2, 0.25) is 0 Å². The summed E-state index contributed by atoms with van der Waals surface area (Å²) in [5.41, 5.74) is 6.52. The van der Waals surface area contributed by atoms with Gasteiger partial charge in [-0.1, -0.05) is 49.5 Å². The van der Waals surface area contributed by atoms with Crippen LogP contribution >= 0.6 is 12.2 Å². The number of nitrogens with zero attached hydrogens (tertiary/aromatic N) is 1. The molecule has 0 spiro atoms. The second kappa shape index (κ2) is 7.11. The fourth-order valence-electron chi connectivity index (χ4n) is 1.89. The van der Waals surface area contributed by atoms with Crippen molar-refractivity contribution in [2.75, 3.05) is 13.6 Å². The van der Waals surface area contributed by atoms with E-state index in [9.17, 15) is 4.79 Å². The maximum absolute atomic E-state index is 12.3. The van der Waals surface area contributed by atoms with Crippen LogP contribution in [-0.4, -0.2) is 29.4 Å². The highest BCUT2D eigenvalue weighted by Gasteiger charge is 2.21. The molecule has 0 aliphatic rings. The molecule has 0 radical (unpaired) electrons. The average molecular weight is 264 g/mol. The molecule has 0 fully saturated rings. The summed E-state index contributed by atoms with van der Waals surface area (Å²) in [6.45, 7) is 2.61. The molecule has 1 aromatic carbocycles. The summed E-state index contributed by atoms with van der Waals surface area (Å²) in [5, 5.41) is 0. The molecule has 0 saturated heterocycles. The van der Waals surface area contributed by atoms with Gasteiger partial charge >= 0.3 is 0 Å². The summed E-state index contributed by atoms with van der Waals surface area (Å²) >= 11 is 4.83. The Morgan fingerprint density at radius 3 is 2.50 bits per heavy atom. The molecule has 4 heteroatoms. The minimum absolute atomic E-state index is 0.0810. The zero-order valence-electron chi connectivity index (χ0n) is 10.9. The first-order chi connectivity index (χ1) is 8.56. The van der Waals surface area contributed by atoms with Gasteiger partial charge in [-0.05, 0) is 12.0 Å². The molecule has 0 heterocycles. The van der Waals surface area contributed by atoms with Crippen LogP contribution in [0.25, 0.3) is 0 Å². The van der Waals surface area contributed by atoms with E-state index in [4.69, 9.17) is 18.0 Å². The molecule has 3 nitrogen and oxygen atoms in total. The Balaban J connectivity index is 2.71. The quantitative estimate of drug-likeness (QED) is 0.802. The van der Waals surface area contributed by atoms with E-state index < -0.39 is 0 Å². The average Bonchev–Trinajstić information content (AvgIpc) is 2.38. The van der Waals surface area contributed by atoms with Crippen LogP contribution in [0.15, 0.2) is 30.3 Å². The standard InChI is InChI=1S/C14H20N2OS/c1-3-12(11-7-5-4-6-8-11)14(17)16(2)10-9-13(15)18/h4-8,12H,3,9-10H2,1-2H3,(H2,15,18). The Labute approximate surface area is 114 Å². The second-order valence-electron chi connectivity index (χ2n) is 4.35. The van der Waals surface area contributed by atoms with Gasteiger partial charge in [-0.3, -0.25) is 4.79 Å². The lowest BCUT2D eigenvalue weighted by Gasteiger charge is -2.23. The van der Waals surface area contributed by atoms with Gasteiger partial charge in [0.05, 0.1) is 10.9 Å². The Kier molecular flexibility index (Phi) is 5.78. The number of carbonyl (C=O) groups is 1. The SMILES string of the molecule is CCC(C(=O)N(C)CCC(N)=S)c1ccccc1. The number of rotatable bonds is 6. The van der Waals surface area contributed by atoms with Crippen LogP contribution in [0, 0.1) is 0 Å². The van der Waals surface area contributed by atoms with E-state index >= 15 is 0 Å². The molecule has 0 bridgehead atoms. The van der Waals surface area contributed by atoms with Gasteiger partial charge in [0.25, 0.3) is 0 Å². The molecule has 98 valence electrons. The fraction of sp³-hybridized carbons (Fsp3) is 0.429. The second-order valence-corrected chi connectivity index (χ2v) is 4.87. The number of carbonyl (C=O) groups excluding carboxylic acids is 1. The van der Waals surface area contributed by atoms with Crippen molar-refractivity contribution in [3.63, 3.8) is 0 Å². The van der Waals surface area contributed by atoms with E-state index in [1.54, 1.807) is 11.9 Å². The Morgan fingerprint density at radius 1 is 1.39 bits per heavy atom. The summed E-state index contributed by atoms with van der Waals surface area (Å²) in [6, 6.07) is 9.86. The fourth-order valence-corrected chi connectivity index (χ4v) is 1.98. The lowest BCUT2D eigenvalue weighted by atomic mass is 9.95. The Hall–Kier alpha value is -1.42. The summed E-state index contributed by atoms with van der Waals surface area (Å²) in [5.74, 6) is 0.0440. The molecule has 18 heavy (non-hydrogen) atoms. The van der Waals surface area contributed by atoms with E-state index in [1.807, 2.05) is 37.3 Å². The number of hydrogen-bond donors (Lipinski definition) is 1. The summed E-state index contributed by atoms with van der Waals surface area (Å²) in [4.78, 5) is 14.5. The zero-order chi connectivity index (χ0) is 13.5. The third-order valence-electron chi connectivity index (χ3n) is 2.98. The van der Waals surface area contributed by atoms with Gasteiger partial charge in [-0.15, -0.1) is 0 Å². The van der Waals surface area contributed by atoms with E-state index in [0.29, 0.717) is 18.0 Å². The number of likely N-dealkylation sites (N-methyl/N-ethyl adjacent to an activating group) is 1. The van der Waals surface area contributed by atoms with Gasteiger partial charge < -0.3 is 10.6 Å². The van der Waals surface area contributed by atoms with Crippen molar-refractivity contribution in [2.24, 2.45) is 5.73 Å². The van der Waals surface area contributed by atoms with Crippen molar-refractivity contribution in [1.29, 1.82) is 0 Å². The monoisotopic (exact) mass is 264 g/mol. The molecule has 1 rings (SSSR count). The van der Waals surface area contributed by atoms with Crippen molar-refractivity contribution < 1.29 is 4.79 Å². The largest absolute Gasteiger partial charge is 0.393 e. The number of thiocarbonyl (C=S) groups is 1. The van der Waals surface area contributed by atoms with Gasteiger partial charge in [0.15, 0.2) is 0 Å². The normalized spacial score (nSPS) is 11.9. The third-order valence-corrected chi connectivity index (χ3v) is 3.18. The van der Waals surface area contributed by atoms with Gasteiger partial charge in [0.1, 0.15) is 0 Å². The van der Waals surface area contributed by atoms with Crippen molar-refractivity contribution in [3.8, 4) is 0 Å². The summed E-state index contributed by atoms with van der Waals surface area (Å²) < 4.78 is 0. The van der Waals surface area contributed by atoms with Crippen LogP contribution < -0.4 is 5.73 Å². The topological polar surface area (TPSA) is 46.3 Å². The first-order valence-corrected chi connectivity index (χ1v) is 6.55. The van der Waals surface area contributed by atoms with Crippen LogP contribution in [0.4, 0.5) is 0 Å². The van der Waals surface area contributed by atoms with Crippen molar-refractivity contribution in [1.82, 2.24) is 4.90 Å². The minimum atomic E-state index is -0.0810. The predicted octanol–water partition coefficient (Wildman–Crippen LogP) is 2.31. The van der Waals surface area contributed by atoms with Crippen molar-refractivity contribution >= 4 is 23.1 Å². The third kappa shape index (κ3) is 4.11. The van der Waals surface area contributed by atoms with Gasteiger partial charge in [0.2, 0.25) is 5.91 Å². The molecule has 2 N–H and O–H groups in total. The summed E-state index contributed by atoms with van der Waals surface area (Å²) in [7, 11) is 1.80. The van der Waals surface area contributed by atoms with Crippen LogP contribution in [-0.2, 0) is 4.79 Å². The lowest BCUT2D eigenvalue weighted by molar-refractivity contribution is -0.131. The highest BCUT2D eigenvalue weighted by molar-refractivity contribution is 7.80.